The number of hydrogen-bond donors (Lipinski definition) is 5. The number of aromatic nitrogens is 2. The number of H-pyrrole nitrogens is 1. The molecule has 0 unspecified atom stereocenters. The molecule has 2 heterocycles. The van der Waals surface area contributed by atoms with Gasteiger partial charge in [-0.3, -0.25) is 4.79 Å². The number of carbonyl (C=O) groups is 1. The Bertz CT molecular complexity index is 1210. The van der Waals surface area contributed by atoms with E-state index in [9.17, 15) is 20.1 Å². The minimum absolute atomic E-state index is 0.0285. The first-order valence-electron chi connectivity index (χ1n) is 8.53. The minimum atomic E-state index is -0.982. The van der Waals surface area contributed by atoms with Crippen LogP contribution in [0.4, 0.5) is 5.82 Å². The molecular weight excluding hydrogens is 358 g/mol. The first-order valence-corrected chi connectivity index (χ1v) is 8.53. The summed E-state index contributed by atoms with van der Waals surface area (Å²) < 4.78 is 0. The zero-order valence-electron chi connectivity index (χ0n) is 14.7. The van der Waals surface area contributed by atoms with Crippen molar-refractivity contribution in [2.24, 2.45) is 0 Å². The quantitative estimate of drug-likeness (QED) is 0.371. The molecule has 0 aliphatic carbocycles. The third-order valence-corrected chi connectivity index (χ3v) is 4.47. The fourth-order valence-corrected chi connectivity index (χ4v) is 3.24. The van der Waals surface area contributed by atoms with E-state index in [2.05, 4.69) is 9.97 Å². The van der Waals surface area contributed by atoms with Crippen molar-refractivity contribution >= 4 is 22.8 Å². The number of anilines is 1. The van der Waals surface area contributed by atoms with Gasteiger partial charge in [0.2, 0.25) is 0 Å². The summed E-state index contributed by atoms with van der Waals surface area (Å²) in [4.78, 5) is 18.7. The van der Waals surface area contributed by atoms with Gasteiger partial charge in [0.25, 0.3) is 0 Å². The number of pyridine rings is 1. The number of carboxylic acid groups (broad SMARTS) is 1. The Hall–Kier alpha value is -4.00. The summed E-state index contributed by atoms with van der Waals surface area (Å²) in [5.74, 6) is -0.585. The van der Waals surface area contributed by atoms with Crippen LogP contribution in [0.5, 0.6) is 11.5 Å². The van der Waals surface area contributed by atoms with E-state index in [1.807, 2.05) is 0 Å². The third-order valence-electron chi connectivity index (χ3n) is 4.47. The van der Waals surface area contributed by atoms with Crippen LogP contribution in [0.3, 0.4) is 0 Å². The molecule has 2 aromatic heterocycles. The SMILES string of the molecule is Nc1ccc2[nH]c(-c3cc(CC(=O)O)cc(-c4cccc(O)c4)c3O)cc2n1. The van der Waals surface area contributed by atoms with Crippen molar-refractivity contribution in [3.8, 4) is 33.9 Å². The maximum atomic E-state index is 11.2. The molecule has 7 heteroatoms. The van der Waals surface area contributed by atoms with Gasteiger partial charge in [-0.25, -0.2) is 4.98 Å². The van der Waals surface area contributed by atoms with Crippen LogP contribution in [0.2, 0.25) is 0 Å². The summed E-state index contributed by atoms with van der Waals surface area (Å²) in [5, 5.41) is 29.9. The number of phenols is 2. The zero-order valence-corrected chi connectivity index (χ0v) is 14.7. The van der Waals surface area contributed by atoms with Crippen molar-refractivity contribution in [3.63, 3.8) is 0 Å². The molecule has 0 fully saturated rings. The Morgan fingerprint density at radius 2 is 1.82 bits per heavy atom. The fraction of sp³-hybridized carbons (Fsp3) is 0.0476. The van der Waals surface area contributed by atoms with E-state index in [1.165, 1.54) is 12.1 Å². The number of nitrogen functional groups attached to an aromatic ring is 1. The predicted molar refractivity (Wildman–Crippen MR) is 106 cm³/mol. The molecule has 4 rings (SSSR count). The lowest BCUT2D eigenvalue weighted by atomic mass is 9.95. The predicted octanol–water partition coefficient (Wildman–Crippen LogP) is 3.52. The highest BCUT2D eigenvalue weighted by Gasteiger charge is 2.17. The van der Waals surface area contributed by atoms with E-state index >= 15 is 0 Å². The van der Waals surface area contributed by atoms with Crippen LogP contribution >= 0.6 is 0 Å². The second-order valence-electron chi connectivity index (χ2n) is 6.51. The average Bonchev–Trinajstić information content (AvgIpc) is 3.05. The van der Waals surface area contributed by atoms with Gasteiger partial charge in [-0.05, 0) is 53.6 Å². The zero-order chi connectivity index (χ0) is 19.8. The van der Waals surface area contributed by atoms with Crippen molar-refractivity contribution in [2.75, 3.05) is 5.73 Å². The molecule has 0 atom stereocenters. The van der Waals surface area contributed by atoms with Crippen molar-refractivity contribution in [1.82, 2.24) is 9.97 Å². The number of rotatable bonds is 4. The standard InChI is InChI=1S/C21H17N3O4/c22-19-5-4-16-18(24-19)10-17(23-16)15-7-11(8-20(26)27)6-14(21(15)28)12-2-1-3-13(25)9-12/h1-7,9-10,23,25,28H,8H2,(H2,22,24)(H,26,27). The number of nitrogens with one attached hydrogen (secondary N) is 1. The first kappa shape index (κ1) is 17.4. The molecule has 28 heavy (non-hydrogen) atoms. The average molecular weight is 375 g/mol. The maximum Gasteiger partial charge on any atom is 0.307 e. The second-order valence-corrected chi connectivity index (χ2v) is 6.51. The number of nitrogens with zero attached hydrogens (tertiary/aromatic N) is 1. The first-order chi connectivity index (χ1) is 13.4. The van der Waals surface area contributed by atoms with Crippen LogP contribution in [0.1, 0.15) is 5.56 Å². The molecule has 0 spiro atoms. The van der Waals surface area contributed by atoms with Gasteiger partial charge >= 0.3 is 5.97 Å². The monoisotopic (exact) mass is 375 g/mol. The highest BCUT2D eigenvalue weighted by molar-refractivity contribution is 5.89. The number of aromatic hydroxyl groups is 2. The van der Waals surface area contributed by atoms with Gasteiger partial charge < -0.3 is 26.0 Å². The Balaban J connectivity index is 1.94. The summed E-state index contributed by atoms with van der Waals surface area (Å²) in [6.07, 6.45) is -0.204. The summed E-state index contributed by atoms with van der Waals surface area (Å²) in [5.41, 5.74) is 9.65. The Morgan fingerprint density at radius 3 is 2.57 bits per heavy atom. The molecule has 7 nitrogen and oxygen atoms in total. The van der Waals surface area contributed by atoms with Crippen LogP contribution in [0.15, 0.2) is 54.6 Å². The van der Waals surface area contributed by atoms with Gasteiger partial charge in [-0.1, -0.05) is 12.1 Å². The van der Waals surface area contributed by atoms with Crippen LogP contribution in [0.25, 0.3) is 33.4 Å². The fourth-order valence-electron chi connectivity index (χ4n) is 3.24. The van der Waals surface area contributed by atoms with E-state index in [4.69, 9.17) is 5.73 Å². The second kappa shape index (κ2) is 6.62. The Morgan fingerprint density at radius 1 is 1.04 bits per heavy atom. The molecule has 0 aliphatic heterocycles. The Labute approximate surface area is 159 Å². The molecule has 140 valence electrons. The molecule has 4 aromatic rings. The van der Waals surface area contributed by atoms with E-state index in [1.54, 1.807) is 42.5 Å². The largest absolute Gasteiger partial charge is 0.508 e. The normalized spacial score (nSPS) is 11.0. The van der Waals surface area contributed by atoms with Crippen LogP contribution in [0, 0.1) is 0 Å². The van der Waals surface area contributed by atoms with E-state index in [0.29, 0.717) is 39.3 Å². The molecular formula is C21H17N3O4. The maximum absolute atomic E-state index is 11.2. The summed E-state index contributed by atoms with van der Waals surface area (Å²) in [6, 6.07) is 14.9. The number of benzene rings is 2. The summed E-state index contributed by atoms with van der Waals surface area (Å²) >= 11 is 0. The lowest BCUT2D eigenvalue weighted by Gasteiger charge is -2.12. The molecule has 0 radical (unpaired) electrons. The number of carboxylic acids is 1. The molecule has 0 aliphatic rings. The minimum Gasteiger partial charge on any atom is -0.508 e. The number of hydrogen-bond acceptors (Lipinski definition) is 5. The van der Waals surface area contributed by atoms with Gasteiger partial charge in [-0.15, -0.1) is 0 Å². The van der Waals surface area contributed by atoms with Gasteiger partial charge in [-0.2, -0.15) is 0 Å². The Kier molecular flexibility index (Phi) is 4.12. The highest BCUT2D eigenvalue weighted by Crippen LogP contribution is 2.40. The van der Waals surface area contributed by atoms with Crippen molar-refractivity contribution < 1.29 is 20.1 Å². The number of aromatic amines is 1. The number of fused-ring (bicyclic) bond motifs is 1. The highest BCUT2D eigenvalue weighted by atomic mass is 16.4. The lowest BCUT2D eigenvalue weighted by Crippen LogP contribution is -2.01. The van der Waals surface area contributed by atoms with E-state index < -0.39 is 5.97 Å². The number of phenolic OH excluding ortho intramolecular Hbond substituents is 2. The molecule has 0 saturated carbocycles. The molecule has 0 bridgehead atoms. The van der Waals surface area contributed by atoms with Gasteiger partial charge in [0, 0.05) is 11.1 Å². The van der Waals surface area contributed by atoms with Crippen LogP contribution < -0.4 is 5.73 Å². The molecule has 2 aromatic carbocycles. The van der Waals surface area contributed by atoms with Crippen molar-refractivity contribution in [3.05, 3.63) is 60.2 Å². The molecule has 0 saturated heterocycles. The lowest BCUT2D eigenvalue weighted by molar-refractivity contribution is -0.136. The summed E-state index contributed by atoms with van der Waals surface area (Å²) in [6.45, 7) is 0. The smallest absolute Gasteiger partial charge is 0.307 e. The molecule has 0 amide bonds. The van der Waals surface area contributed by atoms with Gasteiger partial charge in [0.15, 0.2) is 0 Å². The van der Waals surface area contributed by atoms with Crippen LogP contribution in [-0.4, -0.2) is 31.3 Å². The topological polar surface area (TPSA) is 132 Å². The van der Waals surface area contributed by atoms with Gasteiger partial charge in [0.05, 0.1) is 23.1 Å². The molecule has 6 N–H and O–H groups in total. The third kappa shape index (κ3) is 3.21. The van der Waals surface area contributed by atoms with Crippen molar-refractivity contribution in [2.45, 2.75) is 6.42 Å². The number of nitrogens with two attached hydrogens (primary N) is 1. The van der Waals surface area contributed by atoms with E-state index in [-0.39, 0.29) is 17.9 Å². The summed E-state index contributed by atoms with van der Waals surface area (Å²) in [7, 11) is 0. The van der Waals surface area contributed by atoms with E-state index in [0.717, 1.165) is 5.52 Å². The van der Waals surface area contributed by atoms with Crippen LogP contribution in [-0.2, 0) is 11.2 Å². The number of aliphatic carboxylic acids is 1. The van der Waals surface area contributed by atoms with Gasteiger partial charge in [0.1, 0.15) is 17.3 Å². The van der Waals surface area contributed by atoms with Crippen molar-refractivity contribution in [1.29, 1.82) is 0 Å².